The van der Waals surface area contributed by atoms with Crippen molar-refractivity contribution in [3.63, 3.8) is 0 Å². The van der Waals surface area contributed by atoms with Crippen LogP contribution >= 0.6 is 0 Å². The Morgan fingerprint density at radius 3 is 2.00 bits per heavy atom. The first-order valence-electron chi connectivity index (χ1n) is 11.2. The molecule has 34 heavy (non-hydrogen) atoms. The van der Waals surface area contributed by atoms with Gasteiger partial charge in [-0.1, -0.05) is 37.7 Å². The number of halogens is 7. The van der Waals surface area contributed by atoms with Gasteiger partial charge in [-0.25, -0.2) is 30.7 Å². The molecule has 0 atom stereocenters. The maximum absolute atomic E-state index is 14.8. The fourth-order valence-corrected chi connectivity index (χ4v) is 4.78. The Morgan fingerprint density at radius 2 is 1.38 bits per heavy atom. The molecule has 1 saturated carbocycles. The number of benzene rings is 3. The third-order valence-corrected chi connectivity index (χ3v) is 6.55. The van der Waals surface area contributed by atoms with Crippen LogP contribution in [0.15, 0.2) is 24.3 Å². The maximum atomic E-state index is 14.8. The summed E-state index contributed by atoms with van der Waals surface area (Å²) in [6.45, 7) is 2.06. The van der Waals surface area contributed by atoms with Gasteiger partial charge in [0.2, 0.25) is 0 Å². The largest absolute Gasteiger partial charge is 0.204 e. The summed E-state index contributed by atoms with van der Waals surface area (Å²) in [5.74, 6) is -6.14. The fourth-order valence-electron chi connectivity index (χ4n) is 4.78. The predicted molar refractivity (Wildman–Crippen MR) is 116 cm³/mol. The van der Waals surface area contributed by atoms with Gasteiger partial charge < -0.3 is 0 Å². The van der Waals surface area contributed by atoms with E-state index in [-0.39, 0.29) is 16.3 Å². The highest BCUT2D eigenvalue weighted by Crippen LogP contribution is 2.41. The molecule has 1 aliphatic rings. The van der Waals surface area contributed by atoms with Crippen LogP contribution in [0.1, 0.15) is 68.1 Å². The van der Waals surface area contributed by atoms with Crippen molar-refractivity contribution >= 4 is 10.8 Å². The minimum absolute atomic E-state index is 0.0319. The summed E-state index contributed by atoms with van der Waals surface area (Å²) < 4.78 is 99.9. The van der Waals surface area contributed by atoms with Crippen LogP contribution in [0.3, 0.4) is 0 Å². The van der Waals surface area contributed by atoms with Gasteiger partial charge in [-0.05, 0) is 61.1 Å². The molecular formula is C27H21F7. The fraction of sp³-hybridized carbons (Fsp3) is 0.333. The molecular weight excluding hydrogens is 457 g/mol. The molecule has 0 bridgehead atoms. The quantitative estimate of drug-likeness (QED) is 0.154. The molecule has 0 heterocycles. The van der Waals surface area contributed by atoms with Crippen molar-refractivity contribution in [2.75, 3.05) is 0 Å². The van der Waals surface area contributed by atoms with Gasteiger partial charge in [0.1, 0.15) is 5.56 Å². The molecule has 0 amide bonds. The third-order valence-electron chi connectivity index (χ3n) is 6.55. The van der Waals surface area contributed by atoms with Crippen molar-refractivity contribution in [2.45, 2.75) is 51.4 Å². The topological polar surface area (TPSA) is 0 Å². The monoisotopic (exact) mass is 478 g/mol. The molecule has 0 aromatic heterocycles. The summed E-state index contributed by atoms with van der Waals surface area (Å²) in [6, 6.07) is 4.29. The van der Waals surface area contributed by atoms with Gasteiger partial charge in [-0.15, -0.1) is 0 Å². The summed E-state index contributed by atoms with van der Waals surface area (Å²) >= 11 is 0. The second-order valence-electron chi connectivity index (χ2n) is 8.72. The average molecular weight is 478 g/mol. The zero-order valence-electron chi connectivity index (χ0n) is 18.4. The molecule has 0 saturated heterocycles. The number of hydrogen-bond acceptors (Lipinski definition) is 0. The molecule has 0 spiro atoms. The van der Waals surface area contributed by atoms with Gasteiger partial charge in [-0.2, -0.15) is 0 Å². The standard InChI is InChI=1S/C27H21F7/c1-2-3-14-4-8-16(9-5-14)21-26(33)23(30)19(24(31)27(21)34)11-7-15-6-10-18-17(12-15)13-20(28)25(32)22(18)29/h6,10,12-14,16H,2-5,8-9H2,1H3. The van der Waals surface area contributed by atoms with Gasteiger partial charge in [0.15, 0.2) is 40.7 Å². The molecule has 178 valence electrons. The van der Waals surface area contributed by atoms with Crippen LogP contribution in [0.25, 0.3) is 10.8 Å². The number of hydrogen-bond donors (Lipinski definition) is 0. The van der Waals surface area contributed by atoms with Crippen LogP contribution in [0.2, 0.25) is 0 Å². The Balaban J connectivity index is 1.68. The summed E-state index contributed by atoms with van der Waals surface area (Å²) in [6.07, 6.45) is 4.41. The third kappa shape index (κ3) is 4.38. The molecule has 4 rings (SSSR count). The molecule has 3 aromatic rings. The Bertz CT molecular complexity index is 1280. The highest BCUT2D eigenvalue weighted by Gasteiger charge is 2.32. The molecule has 0 nitrogen and oxygen atoms in total. The molecule has 1 aliphatic carbocycles. The molecule has 3 aromatic carbocycles. The van der Waals surface area contributed by atoms with E-state index in [1.165, 1.54) is 12.1 Å². The van der Waals surface area contributed by atoms with Crippen LogP contribution < -0.4 is 0 Å². The minimum atomic E-state index is -1.62. The summed E-state index contributed by atoms with van der Waals surface area (Å²) in [7, 11) is 0. The lowest BCUT2D eigenvalue weighted by Crippen LogP contribution is -2.17. The first kappa shape index (κ1) is 24.1. The SMILES string of the molecule is CCCC1CCC(c2c(F)c(F)c(C#Cc3ccc4c(F)c(F)c(F)cc4c3)c(F)c2F)CC1. The van der Waals surface area contributed by atoms with Crippen LogP contribution in [-0.2, 0) is 0 Å². The van der Waals surface area contributed by atoms with E-state index in [9.17, 15) is 30.7 Å². The lowest BCUT2D eigenvalue weighted by atomic mass is 9.76. The number of rotatable bonds is 3. The van der Waals surface area contributed by atoms with Gasteiger partial charge in [-0.3, -0.25) is 0 Å². The Hall–Kier alpha value is -3.01. The summed E-state index contributed by atoms with van der Waals surface area (Å²) in [5, 5.41) is -0.243. The zero-order chi connectivity index (χ0) is 24.6. The van der Waals surface area contributed by atoms with E-state index in [0.29, 0.717) is 18.8 Å². The van der Waals surface area contributed by atoms with Crippen LogP contribution in [-0.4, -0.2) is 0 Å². The van der Waals surface area contributed by atoms with Gasteiger partial charge >= 0.3 is 0 Å². The summed E-state index contributed by atoms with van der Waals surface area (Å²) in [5.41, 5.74) is -1.57. The second-order valence-corrected chi connectivity index (χ2v) is 8.72. The van der Waals surface area contributed by atoms with Crippen molar-refractivity contribution < 1.29 is 30.7 Å². The van der Waals surface area contributed by atoms with E-state index in [1.54, 1.807) is 0 Å². The normalized spacial score (nSPS) is 18.1. The Labute approximate surface area is 192 Å². The van der Waals surface area contributed by atoms with Crippen molar-refractivity contribution in [1.29, 1.82) is 0 Å². The minimum Gasteiger partial charge on any atom is -0.204 e. The van der Waals surface area contributed by atoms with E-state index in [0.717, 1.165) is 37.8 Å². The molecule has 0 aliphatic heterocycles. The smallest absolute Gasteiger partial charge is 0.195 e. The summed E-state index contributed by atoms with van der Waals surface area (Å²) in [4.78, 5) is 0. The molecule has 1 fully saturated rings. The van der Waals surface area contributed by atoms with Gasteiger partial charge in [0, 0.05) is 16.5 Å². The molecule has 0 radical (unpaired) electrons. The first-order valence-corrected chi connectivity index (χ1v) is 11.2. The average Bonchev–Trinajstić information content (AvgIpc) is 2.82. The van der Waals surface area contributed by atoms with Gasteiger partial charge in [0.05, 0.1) is 0 Å². The Kier molecular flexibility index (Phi) is 6.88. The predicted octanol–water partition coefficient (Wildman–Crippen LogP) is 8.29. The molecule has 0 N–H and O–H groups in total. The van der Waals surface area contributed by atoms with E-state index >= 15 is 0 Å². The van der Waals surface area contributed by atoms with E-state index in [1.807, 2.05) is 0 Å². The van der Waals surface area contributed by atoms with Gasteiger partial charge in [0.25, 0.3) is 0 Å². The maximum Gasteiger partial charge on any atom is 0.195 e. The van der Waals surface area contributed by atoms with Crippen LogP contribution in [0, 0.1) is 58.5 Å². The van der Waals surface area contributed by atoms with E-state index in [2.05, 4.69) is 18.8 Å². The highest BCUT2D eigenvalue weighted by molar-refractivity contribution is 5.84. The van der Waals surface area contributed by atoms with E-state index < -0.39 is 57.8 Å². The van der Waals surface area contributed by atoms with Crippen LogP contribution in [0.5, 0.6) is 0 Å². The first-order chi connectivity index (χ1) is 16.2. The van der Waals surface area contributed by atoms with Crippen molar-refractivity contribution in [3.05, 3.63) is 81.7 Å². The van der Waals surface area contributed by atoms with Crippen molar-refractivity contribution in [3.8, 4) is 11.8 Å². The van der Waals surface area contributed by atoms with Crippen LogP contribution in [0.4, 0.5) is 30.7 Å². The van der Waals surface area contributed by atoms with Crippen molar-refractivity contribution in [1.82, 2.24) is 0 Å². The zero-order valence-corrected chi connectivity index (χ0v) is 18.4. The second kappa shape index (κ2) is 9.69. The highest BCUT2D eigenvalue weighted by atomic mass is 19.2. The van der Waals surface area contributed by atoms with Crippen molar-refractivity contribution in [2.24, 2.45) is 5.92 Å². The molecule has 0 unspecified atom stereocenters. The number of fused-ring (bicyclic) bond motifs is 1. The van der Waals surface area contributed by atoms with E-state index in [4.69, 9.17) is 0 Å². The Morgan fingerprint density at radius 1 is 0.735 bits per heavy atom. The lowest BCUT2D eigenvalue weighted by molar-refractivity contribution is 0.295. The lowest BCUT2D eigenvalue weighted by Gasteiger charge is -2.29. The molecule has 7 heteroatoms.